The highest BCUT2D eigenvalue weighted by Gasteiger charge is 2.32. The highest BCUT2D eigenvalue weighted by molar-refractivity contribution is 7.89. The molecule has 1 amide bonds. The van der Waals surface area contributed by atoms with Gasteiger partial charge in [0.15, 0.2) is 11.5 Å². The van der Waals surface area contributed by atoms with E-state index in [1.165, 1.54) is 28.6 Å². The smallest absolute Gasteiger partial charge is 0.243 e. The number of benzene rings is 2. The molecule has 33 heavy (non-hydrogen) atoms. The predicted molar refractivity (Wildman–Crippen MR) is 122 cm³/mol. The minimum atomic E-state index is -3.64. The molecule has 1 fully saturated rings. The van der Waals surface area contributed by atoms with Crippen molar-refractivity contribution in [1.29, 1.82) is 5.26 Å². The van der Waals surface area contributed by atoms with Gasteiger partial charge in [0.2, 0.25) is 15.9 Å². The largest absolute Gasteiger partial charge is 0.486 e. The second kappa shape index (κ2) is 10.00. The van der Waals surface area contributed by atoms with Crippen LogP contribution in [0.25, 0.3) is 0 Å². The predicted octanol–water partition coefficient (Wildman–Crippen LogP) is 2.74. The van der Waals surface area contributed by atoms with E-state index in [2.05, 4.69) is 5.32 Å². The molecule has 0 aromatic heterocycles. The van der Waals surface area contributed by atoms with Crippen molar-refractivity contribution < 1.29 is 22.7 Å². The van der Waals surface area contributed by atoms with Crippen molar-refractivity contribution in [3.8, 4) is 17.6 Å². The molecule has 8 nitrogen and oxygen atoms in total. The minimum absolute atomic E-state index is 0.0749. The van der Waals surface area contributed by atoms with Crippen molar-refractivity contribution >= 4 is 27.5 Å². The van der Waals surface area contributed by atoms with Crippen molar-refractivity contribution in [2.75, 3.05) is 32.8 Å². The van der Waals surface area contributed by atoms with Crippen LogP contribution in [0.3, 0.4) is 0 Å². The van der Waals surface area contributed by atoms with Crippen LogP contribution in [-0.4, -0.2) is 51.5 Å². The van der Waals surface area contributed by atoms with E-state index in [1.54, 1.807) is 0 Å². The summed E-state index contributed by atoms with van der Waals surface area (Å²) >= 11 is 6.26. The van der Waals surface area contributed by atoms with Crippen LogP contribution in [0.4, 0.5) is 0 Å². The molecule has 0 saturated carbocycles. The molecule has 0 radical (unpaired) electrons. The van der Waals surface area contributed by atoms with Crippen LogP contribution < -0.4 is 14.8 Å². The Morgan fingerprint density at radius 3 is 2.55 bits per heavy atom. The molecular weight excluding hydrogens is 466 g/mol. The van der Waals surface area contributed by atoms with Gasteiger partial charge in [0.25, 0.3) is 0 Å². The molecule has 10 heteroatoms. The lowest BCUT2D eigenvalue weighted by atomic mass is 9.97. The van der Waals surface area contributed by atoms with Crippen LogP contribution >= 0.6 is 11.6 Å². The molecule has 1 N–H and O–H groups in total. The standard InChI is InChI=1S/C23H24ClN3O5S/c24-20-13-17(14-21-22(20)32-12-11-31-21)5-8-26-23(28)18-6-9-27(10-7-18)33(29,30)19-3-1-16(15-25)2-4-19/h1-4,13-14,18H,5-12H2,(H,26,28). The monoisotopic (exact) mass is 489 g/mol. The maximum Gasteiger partial charge on any atom is 0.243 e. The van der Waals surface area contributed by atoms with Crippen LogP contribution in [0.15, 0.2) is 41.3 Å². The van der Waals surface area contributed by atoms with E-state index in [-0.39, 0.29) is 29.8 Å². The van der Waals surface area contributed by atoms with Gasteiger partial charge in [-0.2, -0.15) is 9.57 Å². The Kier molecular flexibility index (Phi) is 7.08. The quantitative estimate of drug-likeness (QED) is 0.668. The number of ether oxygens (including phenoxy) is 2. The first kappa shape index (κ1) is 23.4. The molecule has 2 heterocycles. The van der Waals surface area contributed by atoms with Gasteiger partial charge >= 0.3 is 0 Å². The van der Waals surface area contributed by atoms with Crippen LogP contribution in [0.2, 0.25) is 5.02 Å². The third-order valence-electron chi connectivity index (χ3n) is 5.82. The molecule has 4 rings (SSSR count). The number of nitrogens with zero attached hydrogens (tertiary/aromatic N) is 2. The number of hydrogen-bond donors (Lipinski definition) is 1. The van der Waals surface area contributed by atoms with Crippen molar-refractivity contribution in [2.24, 2.45) is 5.92 Å². The number of fused-ring (bicyclic) bond motifs is 1. The van der Waals surface area contributed by atoms with E-state index in [1.807, 2.05) is 18.2 Å². The van der Waals surface area contributed by atoms with E-state index in [4.69, 9.17) is 26.3 Å². The topological polar surface area (TPSA) is 109 Å². The molecule has 0 unspecified atom stereocenters. The van der Waals surface area contributed by atoms with Crippen molar-refractivity contribution in [2.45, 2.75) is 24.2 Å². The van der Waals surface area contributed by atoms with Gasteiger partial charge in [0.05, 0.1) is 21.6 Å². The summed E-state index contributed by atoms with van der Waals surface area (Å²) < 4.78 is 38.2. The lowest BCUT2D eigenvalue weighted by molar-refractivity contribution is -0.126. The van der Waals surface area contributed by atoms with Crippen molar-refractivity contribution in [1.82, 2.24) is 9.62 Å². The molecule has 0 atom stereocenters. The molecule has 0 aliphatic carbocycles. The molecule has 1 saturated heterocycles. The van der Waals surface area contributed by atoms with Crippen molar-refractivity contribution in [3.05, 3.63) is 52.5 Å². The Morgan fingerprint density at radius 2 is 1.85 bits per heavy atom. The Bertz CT molecular complexity index is 1170. The highest BCUT2D eigenvalue weighted by Crippen LogP contribution is 2.38. The van der Waals surface area contributed by atoms with Gasteiger partial charge in [0.1, 0.15) is 13.2 Å². The Hall–Kier alpha value is -2.80. The van der Waals surface area contributed by atoms with E-state index >= 15 is 0 Å². The fourth-order valence-electron chi connectivity index (χ4n) is 3.99. The van der Waals surface area contributed by atoms with Gasteiger partial charge in [-0.1, -0.05) is 11.6 Å². The van der Waals surface area contributed by atoms with Gasteiger partial charge in [-0.05, 0) is 61.2 Å². The number of hydrogen-bond acceptors (Lipinski definition) is 6. The Labute approximate surface area is 198 Å². The second-order valence-corrected chi connectivity index (χ2v) is 10.3. The summed E-state index contributed by atoms with van der Waals surface area (Å²) in [5.74, 6) is 0.861. The number of nitrogens with one attached hydrogen (secondary N) is 1. The lowest BCUT2D eigenvalue weighted by Crippen LogP contribution is -2.43. The van der Waals surface area contributed by atoms with Crippen LogP contribution in [0.1, 0.15) is 24.0 Å². The zero-order valence-electron chi connectivity index (χ0n) is 17.9. The average Bonchev–Trinajstić information content (AvgIpc) is 2.84. The first-order valence-corrected chi connectivity index (χ1v) is 12.6. The average molecular weight is 490 g/mol. The number of piperidine rings is 1. The first-order valence-electron chi connectivity index (χ1n) is 10.7. The van der Waals surface area contributed by atoms with E-state index in [0.717, 1.165) is 5.56 Å². The third-order valence-corrected chi connectivity index (χ3v) is 8.01. The first-order chi connectivity index (χ1) is 15.9. The summed E-state index contributed by atoms with van der Waals surface area (Å²) in [7, 11) is -3.64. The van der Waals surface area contributed by atoms with Gasteiger partial charge in [0, 0.05) is 25.6 Å². The third kappa shape index (κ3) is 5.24. The summed E-state index contributed by atoms with van der Waals surface area (Å²) in [6.45, 7) is 1.94. The lowest BCUT2D eigenvalue weighted by Gasteiger charge is -2.30. The van der Waals surface area contributed by atoms with E-state index in [9.17, 15) is 13.2 Å². The van der Waals surface area contributed by atoms with Gasteiger partial charge in [-0.15, -0.1) is 0 Å². The van der Waals surface area contributed by atoms with E-state index < -0.39 is 10.0 Å². The summed E-state index contributed by atoms with van der Waals surface area (Å²) in [4.78, 5) is 12.8. The fraction of sp³-hybridized carbons (Fsp3) is 0.391. The normalized spacial score (nSPS) is 16.7. The molecule has 2 aliphatic rings. The number of carbonyl (C=O) groups is 1. The van der Waals surface area contributed by atoms with Crippen LogP contribution in [-0.2, 0) is 21.2 Å². The summed E-state index contributed by atoms with van der Waals surface area (Å²) in [6, 6.07) is 11.5. The van der Waals surface area contributed by atoms with E-state index in [0.29, 0.717) is 61.1 Å². The molecule has 0 bridgehead atoms. The Balaban J connectivity index is 1.27. The molecular formula is C23H24ClN3O5S. The maximum atomic E-state index is 12.8. The zero-order valence-corrected chi connectivity index (χ0v) is 19.5. The fourth-order valence-corrected chi connectivity index (χ4v) is 5.75. The van der Waals surface area contributed by atoms with Gasteiger partial charge in [-0.3, -0.25) is 4.79 Å². The SMILES string of the molecule is N#Cc1ccc(S(=O)(=O)N2CCC(C(=O)NCCc3cc(Cl)c4c(c3)OCCO4)CC2)cc1. The molecule has 0 spiro atoms. The number of sulfonamides is 1. The molecule has 2 aliphatic heterocycles. The summed E-state index contributed by atoms with van der Waals surface area (Å²) in [5.41, 5.74) is 1.34. The number of nitriles is 1. The molecule has 174 valence electrons. The number of amides is 1. The van der Waals surface area contributed by atoms with Crippen LogP contribution in [0, 0.1) is 17.2 Å². The van der Waals surface area contributed by atoms with Crippen molar-refractivity contribution in [3.63, 3.8) is 0 Å². The van der Waals surface area contributed by atoms with Gasteiger partial charge in [-0.25, -0.2) is 8.42 Å². The summed E-state index contributed by atoms with van der Waals surface area (Å²) in [6.07, 6.45) is 1.50. The number of carbonyl (C=O) groups excluding carboxylic acids is 1. The number of rotatable bonds is 6. The number of halogens is 1. The molecule has 2 aromatic rings. The Morgan fingerprint density at radius 1 is 1.15 bits per heavy atom. The summed E-state index contributed by atoms with van der Waals surface area (Å²) in [5, 5.41) is 12.3. The highest BCUT2D eigenvalue weighted by atomic mass is 35.5. The maximum absolute atomic E-state index is 12.8. The zero-order chi connectivity index (χ0) is 23.4. The van der Waals surface area contributed by atoms with Gasteiger partial charge < -0.3 is 14.8 Å². The second-order valence-electron chi connectivity index (χ2n) is 7.96. The van der Waals surface area contributed by atoms with Crippen LogP contribution in [0.5, 0.6) is 11.5 Å². The molecule has 2 aromatic carbocycles. The minimum Gasteiger partial charge on any atom is -0.486 e.